The van der Waals surface area contributed by atoms with Crippen molar-refractivity contribution in [1.29, 1.82) is 0 Å². The Hall–Kier alpha value is -2.29. The molecule has 0 aliphatic heterocycles. The van der Waals surface area contributed by atoms with E-state index in [0.717, 1.165) is 6.08 Å². The van der Waals surface area contributed by atoms with E-state index in [9.17, 15) is 24.6 Å². The highest BCUT2D eigenvalue weighted by atomic mass is 19.1. The van der Waals surface area contributed by atoms with Crippen LogP contribution in [0, 0.1) is 40.4 Å². The van der Waals surface area contributed by atoms with Crippen LogP contribution in [0.25, 0.3) is 0 Å². The summed E-state index contributed by atoms with van der Waals surface area (Å²) in [6.07, 6.45) is -1.82. The molecule has 0 aromatic carbocycles. The largest absolute Gasteiger partial charge is 0.509 e. The maximum absolute atomic E-state index is 17.3. The molecule has 0 spiro atoms. The van der Waals surface area contributed by atoms with Crippen LogP contribution in [0.4, 0.5) is 13.6 Å². The van der Waals surface area contributed by atoms with Gasteiger partial charge in [0.05, 0.1) is 6.10 Å². The van der Waals surface area contributed by atoms with Gasteiger partial charge >= 0.3 is 12.1 Å². The van der Waals surface area contributed by atoms with E-state index in [2.05, 4.69) is 0 Å². The number of allylic oxidation sites excluding steroid dienone is 4. The number of aliphatic hydroxyl groups excluding tert-OH is 1. The molecule has 3 fully saturated rings. The van der Waals surface area contributed by atoms with Crippen LogP contribution in [0.3, 0.4) is 0 Å². The summed E-state index contributed by atoms with van der Waals surface area (Å²) in [5.41, 5.74) is -7.46. The molecule has 9 atom stereocenters. The lowest BCUT2D eigenvalue weighted by molar-refractivity contribution is -0.232. The van der Waals surface area contributed by atoms with Gasteiger partial charge in [0.2, 0.25) is 5.60 Å². The zero-order chi connectivity index (χ0) is 28.6. The van der Waals surface area contributed by atoms with E-state index in [1.807, 2.05) is 27.7 Å². The molecule has 0 bridgehead atoms. The maximum Gasteiger partial charge on any atom is 0.509 e. The molecule has 0 aromatic heterocycles. The molecule has 0 aromatic rings. The Kier molecular flexibility index (Phi) is 6.90. The number of carbonyl (C=O) groups excluding carboxylic acids is 2. The van der Waals surface area contributed by atoms with Crippen molar-refractivity contribution in [1.82, 2.24) is 0 Å². The molecule has 0 radical (unpaired) electrons. The summed E-state index contributed by atoms with van der Waals surface area (Å²) < 4.78 is 44.3. The average Bonchev–Trinajstić information content (AvgIpc) is 3.02. The Balaban J connectivity index is 1.77. The van der Waals surface area contributed by atoms with Gasteiger partial charge in [0.1, 0.15) is 12.3 Å². The number of alkyl halides is 2. The van der Waals surface area contributed by atoms with E-state index < -0.39 is 76.1 Å². The number of aliphatic hydroxyl groups is 1. The zero-order valence-corrected chi connectivity index (χ0v) is 23.2. The summed E-state index contributed by atoms with van der Waals surface area (Å²) in [5, 5.41) is 22.0. The van der Waals surface area contributed by atoms with Crippen molar-refractivity contribution < 1.29 is 42.9 Å². The van der Waals surface area contributed by atoms with Crippen LogP contribution < -0.4 is 0 Å². The predicted molar refractivity (Wildman–Crippen MR) is 135 cm³/mol. The van der Waals surface area contributed by atoms with Gasteiger partial charge in [0.15, 0.2) is 11.5 Å². The van der Waals surface area contributed by atoms with Gasteiger partial charge in [-0.2, -0.15) is 0 Å². The average molecular weight is 539 g/mol. The second kappa shape index (κ2) is 9.14. The predicted octanol–water partition coefficient (Wildman–Crippen LogP) is 5.21. The van der Waals surface area contributed by atoms with Gasteiger partial charge in [0.25, 0.3) is 0 Å². The Morgan fingerprint density at radius 2 is 1.71 bits per heavy atom. The van der Waals surface area contributed by atoms with Gasteiger partial charge in [-0.15, -0.1) is 0 Å². The van der Waals surface area contributed by atoms with Gasteiger partial charge in [-0.05, 0) is 61.7 Å². The number of hydrogen-bond donors (Lipinski definition) is 2. The van der Waals surface area contributed by atoms with Crippen LogP contribution in [0.1, 0.15) is 67.7 Å². The van der Waals surface area contributed by atoms with Crippen molar-refractivity contribution in [3.8, 4) is 0 Å². The van der Waals surface area contributed by atoms with E-state index in [0.29, 0.717) is 0 Å². The lowest BCUT2D eigenvalue weighted by Crippen LogP contribution is -2.71. The first kappa shape index (κ1) is 28.7. The van der Waals surface area contributed by atoms with Crippen molar-refractivity contribution in [2.24, 2.45) is 40.4 Å². The number of ether oxygens (including phenoxy) is 2. The van der Waals surface area contributed by atoms with Crippen molar-refractivity contribution in [3.63, 3.8) is 0 Å². The third-order valence-electron chi connectivity index (χ3n) is 10.3. The molecule has 0 heterocycles. The summed E-state index contributed by atoms with van der Waals surface area (Å²) in [4.78, 5) is 38.1. The van der Waals surface area contributed by atoms with Crippen LogP contribution in [0.5, 0.6) is 0 Å². The van der Waals surface area contributed by atoms with Crippen molar-refractivity contribution >= 4 is 17.9 Å². The van der Waals surface area contributed by atoms with Gasteiger partial charge in [-0.3, -0.25) is 4.79 Å². The number of fused-ring (bicyclic) bond motifs is 5. The molecule has 0 saturated heterocycles. The minimum Gasteiger partial charge on any atom is -0.478 e. The van der Waals surface area contributed by atoms with Crippen LogP contribution in [0.2, 0.25) is 0 Å². The minimum atomic E-state index is -2.35. The second-order valence-corrected chi connectivity index (χ2v) is 13.0. The number of ketones is 1. The van der Waals surface area contributed by atoms with Crippen molar-refractivity contribution in [3.05, 3.63) is 23.8 Å². The topological polar surface area (TPSA) is 110 Å². The highest BCUT2D eigenvalue weighted by molar-refractivity contribution is 6.01. The van der Waals surface area contributed by atoms with Crippen LogP contribution in [-0.4, -0.2) is 57.8 Å². The van der Waals surface area contributed by atoms with E-state index in [4.69, 9.17) is 9.47 Å². The molecule has 9 heteroatoms. The van der Waals surface area contributed by atoms with Crippen LogP contribution in [0.15, 0.2) is 23.8 Å². The lowest BCUT2D eigenvalue weighted by Gasteiger charge is -2.62. The molecule has 4 aliphatic rings. The maximum atomic E-state index is 17.3. The molecule has 0 amide bonds. The molecule has 4 aliphatic carbocycles. The SMILES string of the molecule is CC(C)C(OC(=O)O[C@]1(C(=O)O)[C@H](C)C[C@H]2[C@@H]3C[C@H](F)C4=CC(=O)C=C[C@]4(C)[C@@]3(F)[C@@H](O)C[C@@]21C)C(C)C. The molecule has 212 valence electrons. The summed E-state index contributed by atoms with van der Waals surface area (Å²) >= 11 is 0. The lowest BCUT2D eigenvalue weighted by atomic mass is 9.44. The molecule has 7 nitrogen and oxygen atoms in total. The molecule has 2 N–H and O–H groups in total. The third-order valence-corrected chi connectivity index (χ3v) is 10.3. The number of halogens is 2. The van der Waals surface area contributed by atoms with Crippen molar-refractivity contribution in [2.75, 3.05) is 0 Å². The van der Waals surface area contributed by atoms with Crippen LogP contribution >= 0.6 is 0 Å². The summed E-state index contributed by atoms with van der Waals surface area (Å²) in [5.74, 6) is -4.49. The third kappa shape index (κ3) is 3.63. The smallest absolute Gasteiger partial charge is 0.478 e. The Bertz CT molecular complexity index is 1080. The number of hydrogen-bond acceptors (Lipinski definition) is 6. The molecular weight excluding hydrogens is 498 g/mol. The van der Waals surface area contributed by atoms with Gasteiger partial charge < -0.3 is 19.7 Å². The standard InChI is InChI=1S/C29H40F2O7/c1-14(2)23(15(3)4)37-25(36)38-29(24(34)35)16(5)10-18-19-12-21(30)20-11-17(32)8-9-26(20,6)28(19,31)22(33)13-27(18,29)7/h8-9,11,14-16,18-19,21-23,33H,10,12-13H2,1-7H3,(H,34,35)/t16-,18+,19+,21+,22+,26+,27+,28+,29+/m1/s1. The first-order valence-electron chi connectivity index (χ1n) is 13.6. The Labute approximate surface area is 222 Å². The minimum absolute atomic E-state index is 0.00446. The van der Waals surface area contributed by atoms with Gasteiger partial charge in [-0.1, -0.05) is 47.6 Å². The van der Waals surface area contributed by atoms with E-state index in [1.54, 1.807) is 13.8 Å². The molecule has 0 unspecified atom stereocenters. The van der Waals surface area contributed by atoms with Gasteiger partial charge in [-0.25, -0.2) is 18.4 Å². The monoisotopic (exact) mass is 538 g/mol. The number of carboxylic acids is 1. The first-order chi connectivity index (χ1) is 17.5. The molecule has 3 saturated carbocycles. The summed E-state index contributed by atoms with van der Waals surface area (Å²) in [7, 11) is 0. The highest BCUT2D eigenvalue weighted by Crippen LogP contribution is 2.71. The fourth-order valence-corrected chi connectivity index (χ4v) is 8.55. The normalized spacial score (nSPS) is 44.0. The van der Waals surface area contributed by atoms with E-state index >= 15 is 8.78 Å². The van der Waals surface area contributed by atoms with E-state index in [-0.39, 0.29) is 36.7 Å². The molecule has 4 rings (SSSR count). The van der Waals surface area contributed by atoms with Crippen molar-refractivity contribution in [2.45, 2.75) is 97.4 Å². The van der Waals surface area contributed by atoms with Gasteiger partial charge in [0, 0.05) is 22.7 Å². The summed E-state index contributed by atoms with van der Waals surface area (Å²) in [6.45, 7) is 12.2. The Morgan fingerprint density at radius 3 is 2.26 bits per heavy atom. The fraction of sp³-hybridized carbons (Fsp3) is 0.759. The first-order valence-corrected chi connectivity index (χ1v) is 13.6. The molecular formula is C29H40F2O7. The number of aliphatic carboxylic acids is 1. The Morgan fingerprint density at radius 1 is 1.11 bits per heavy atom. The molecule has 38 heavy (non-hydrogen) atoms. The number of carboxylic acid groups (broad SMARTS) is 1. The second-order valence-electron chi connectivity index (χ2n) is 13.0. The quantitative estimate of drug-likeness (QED) is 0.463. The zero-order valence-electron chi connectivity index (χ0n) is 23.2. The van der Waals surface area contributed by atoms with E-state index in [1.165, 1.54) is 19.1 Å². The fourth-order valence-electron chi connectivity index (χ4n) is 8.55. The highest BCUT2D eigenvalue weighted by Gasteiger charge is 2.78. The van der Waals surface area contributed by atoms with Crippen LogP contribution in [-0.2, 0) is 19.1 Å². The summed E-state index contributed by atoms with van der Waals surface area (Å²) in [6, 6.07) is 0. The number of carbonyl (C=O) groups is 3. The number of rotatable bonds is 5.